The van der Waals surface area contributed by atoms with E-state index in [-0.39, 0.29) is 17.7 Å². The molecule has 4 aromatic carbocycles. The van der Waals surface area contributed by atoms with E-state index in [1.807, 2.05) is 48.5 Å². The van der Waals surface area contributed by atoms with Gasteiger partial charge in [0.15, 0.2) is 27.8 Å². The molecule has 2 heterocycles. The average molecular weight is 651 g/mol. The molecule has 1 aliphatic rings. The third-order valence-corrected chi connectivity index (χ3v) is 8.97. The van der Waals surface area contributed by atoms with E-state index in [1.54, 1.807) is 46.3 Å². The second kappa shape index (κ2) is 13.6. The number of allylic oxidation sites excluding steroid dienone is 1. The highest BCUT2D eigenvalue weighted by molar-refractivity contribution is 7.07. The fourth-order valence-corrected chi connectivity index (χ4v) is 6.79. The summed E-state index contributed by atoms with van der Waals surface area (Å²) in [6.07, 6.45) is 1.79. The van der Waals surface area contributed by atoms with Crippen molar-refractivity contribution in [2.45, 2.75) is 26.5 Å². The van der Waals surface area contributed by atoms with Gasteiger partial charge in [-0.15, -0.1) is 0 Å². The lowest BCUT2D eigenvalue weighted by Gasteiger charge is -2.25. The van der Waals surface area contributed by atoms with Gasteiger partial charge in [-0.2, -0.15) is 0 Å². The van der Waals surface area contributed by atoms with Gasteiger partial charge in [-0.3, -0.25) is 9.36 Å². The lowest BCUT2D eigenvalue weighted by molar-refractivity contribution is -0.139. The van der Waals surface area contributed by atoms with Gasteiger partial charge in [-0.05, 0) is 71.7 Å². The maximum Gasteiger partial charge on any atom is 0.338 e. The molecule has 240 valence electrons. The van der Waals surface area contributed by atoms with Crippen LogP contribution in [0, 0.1) is 0 Å². The van der Waals surface area contributed by atoms with Crippen molar-refractivity contribution in [3.05, 3.63) is 127 Å². The topological polar surface area (TPSA) is 97.6 Å². The summed E-state index contributed by atoms with van der Waals surface area (Å²) >= 11 is 1.24. The summed E-state index contributed by atoms with van der Waals surface area (Å²) in [6.45, 7) is 4.04. The number of thiazole rings is 1. The number of hydrogen-bond acceptors (Lipinski definition) is 9. The Labute approximate surface area is 275 Å². The molecule has 0 fully saturated rings. The van der Waals surface area contributed by atoms with Crippen LogP contribution in [0.25, 0.3) is 16.8 Å². The third-order valence-electron chi connectivity index (χ3n) is 7.99. The molecule has 0 N–H and O–H groups in total. The first-order chi connectivity index (χ1) is 22.9. The number of methoxy groups -OCH3 is 3. The van der Waals surface area contributed by atoms with Crippen LogP contribution >= 0.6 is 11.3 Å². The maximum absolute atomic E-state index is 14.1. The lowest BCUT2D eigenvalue weighted by Crippen LogP contribution is -2.39. The smallest absolute Gasteiger partial charge is 0.338 e. The molecule has 1 aliphatic heterocycles. The molecule has 0 aliphatic carbocycles. The molecule has 0 saturated heterocycles. The molecule has 5 aromatic rings. The summed E-state index contributed by atoms with van der Waals surface area (Å²) < 4.78 is 30.2. The van der Waals surface area contributed by atoms with Crippen molar-refractivity contribution in [3.8, 4) is 23.0 Å². The van der Waals surface area contributed by atoms with Gasteiger partial charge in [0.25, 0.3) is 5.56 Å². The first-order valence-electron chi connectivity index (χ1n) is 15.1. The fraction of sp³-hybridized carbons (Fsp3) is 0.216. The second-order valence-electron chi connectivity index (χ2n) is 10.8. The van der Waals surface area contributed by atoms with Crippen molar-refractivity contribution < 1.29 is 28.5 Å². The SMILES string of the molecule is CCOC(=O)C1=C(C)N=c2sc(=Cc3ccc(OCc4cccc5ccccc45)c(OC)c3)c(=O)n2[C@@H]1c1ccc(OC)c(OC)c1. The normalized spacial score (nSPS) is 14.4. The molecule has 0 bridgehead atoms. The molecule has 1 atom stereocenters. The van der Waals surface area contributed by atoms with Crippen LogP contribution in [0.5, 0.6) is 23.0 Å². The van der Waals surface area contributed by atoms with E-state index in [2.05, 4.69) is 23.2 Å². The largest absolute Gasteiger partial charge is 0.493 e. The molecule has 10 heteroatoms. The van der Waals surface area contributed by atoms with Crippen LogP contribution in [-0.2, 0) is 16.1 Å². The number of nitrogens with zero attached hydrogens (tertiary/aromatic N) is 2. The van der Waals surface area contributed by atoms with Gasteiger partial charge in [0.1, 0.15) is 6.61 Å². The zero-order valence-electron chi connectivity index (χ0n) is 26.7. The summed E-state index contributed by atoms with van der Waals surface area (Å²) in [4.78, 5) is 32.5. The van der Waals surface area contributed by atoms with Gasteiger partial charge < -0.3 is 23.7 Å². The lowest BCUT2D eigenvalue weighted by atomic mass is 9.95. The highest BCUT2D eigenvalue weighted by Crippen LogP contribution is 2.36. The summed E-state index contributed by atoms with van der Waals surface area (Å²) in [7, 11) is 4.67. The molecule has 6 rings (SSSR count). The second-order valence-corrected chi connectivity index (χ2v) is 11.8. The van der Waals surface area contributed by atoms with Crippen LogP contribution < -0.4 is 33.8 Å². The monoisotopic (exact) mass is 650 g/mol. The quantitative estimate of drug-likeness (QED) is 0.183. The van der Waals surface area contributed by atoms with Crippen LogP contribution in [0.1, 0.15) is 36.6 Å². The van der Waals surface area contributed by atoms with E-state index in [0.29, 0.717) is 50.2 Å². The molecule has 1 aromatic heterocycles. The third kappa shape index (κ3) is 6.12. The summed E-state index contributed by atoms with van der Waals surface area (Å²) in [6, 6.07) is 24.4. The zero-order chi connectivity index (χ0) is 33.1. The van der Waals surface area contributed by atoms with E-state index in [1.165, 1.54) is 23.0 Å². The molecule has 0 amide bonds. The Balaban J connectivity index is 1.38. The zero-order valence-corrected chi connectivity index (χ0v) is 27.6. The molecule has 0 spiro atoms. The van der Waals surface area contributed by atoms with Crippen molar-refractivity contribution in [3.63, 3.8) is 0 Å². The van der Waals surface area contributed by atoms with Crippen LogP contribution in [-0.4, -0.2) is 38.5 Å². The molecular formula is C37H34N2O7S. The van der Waals surface area contributed by atoms with E-state index in [0.717, 1.165) is 21.9 Å². The van der Waals surface area contributed by atoms with Crippen molar-refractivity contribution in [2.24, 2.45) is 4.99 Å². The first kappa shape index (κ1) is 31.6. The Bertz CT molecular complexity index is 2190. The standard InChI is InChI=1S/C37H34N2O7S/c1-6-45-36(41)33-22(2)38-37-39(34(33)25-15-17-28(42-3)31(20-25)44-5)35(40)32(47-37)19-23-14-16-29(30(18-23)43-4)46-21-26-12-9-11-24-10-7-8-13-27(24)26/h7-20,34H,6,21H2,1-5H3/t34-/m1/s1. The van der Waals surface area contributed by atoms with E-state index in [9.17, 15) is 9.59 Å². The minimum Gasteiger partial charge on any atom is -0.493 e. The highest BCUT2D eigenvalue weighted by atomic mass is 32.1. The number of carbonyl (C=O) groups is 1. The molecule has 47 heavy (non-hydrogen) atoms. The average Bonchev–Trinajstić information content (AvgIpc) is 3.39. The number of fused-ring (bicyclic) bond motifs is 2. The Morgan fingerprint density at radius 1 is 0.894 bits per heavy atom. The van der Waals surface area contributed by atoms with E-state index >= 15 is 0 Å². The van der Waals surface area contributed by atoms with Gasteiger partial charge in [0.05, 0.1) is 49.8 Å². The Morgan fingerprint density at radius 2 is 1.62 bits per heavy atom. The van der Waals surface area contributed by atoms with E-state index < -0.39 is 12.0 Å². The number of hydrogen-bond donors (Lipinski definition) is 0. The van der Waals surface area contributed by atoms with Crippen molar-refractivity contribution in [1.29, 1.82) is 0 Å². The van der Waals surface area contributed by atoms with Gasteiger partial charge >= 0.3 is 5.97 Å². The number of carbonyl (C=O) groups excluding carboxylic acids is 1. The van der Waals surface area contributed by atoms with Gasteiger partial charge in [-0.25, -0.2) is 9.79 Å². The van der Waals surface area contributed by atoms with Crippen LogP contribution in [0.3, 0.4) is 0 Å². The number of esters is 1. The highest BCUT2D eigenvalue weighted by Gasteiger charge is 2.34. The molecule has 0 unspecified atom stereocenters. The Kier molecular flexibility index (Phi) is 9.12. The maximum atomic E-state index is 14.1. The van der Waals surface area contributed by atoms with Crippen molar-refractivity contribution in [2.75, 3.05) is 27.9 Å². The van der Waals surface area contributed by atoms with Crippen LogP contribution in [0.4, 0.5) is 0 Å². The minimum atomic E-state index is -0.786. The predicted molar refractivity (Wildman–Crippen MR) is 181 cm³/mol. The summed E-state index contributed by atoms with van der Waals surface area (Å²) in [5, 5.41) is 2.28. The summed E-state index contributed by atoms with van der Waals surface area (Å²) in [5.41, 5.74) is 2.93. The van der Waals surface area contributed by atoms with Crippen molar-refractivity contribution >= 4 is 34.2 Å². The van der Waals surface area contributed by atoms with Gasteiger partial charge in [0.2, 0.25) is 0 Å². The first-order valence-corrected chi connectivity index (χ1v) is 15.9. The summed E-state index contributed by atoms with van der Waals surface area (Å²) in [5.74, 6) is 1.59. The van der Waals surface area contributed by atoms with Gasteiger partial charge in [0, 0.05) is 0 Å². The van der Waals surface area contributed by atoms with Gasteiger partial charge in [-0.1, -0.05) is 65.9 Å². The van der Waals surface area contributed by atoms with Crippen molar-refractivity contribution in [1.82, 2.24) is 4.57 Å². The van der Waals surface area contributed by atoms with E-state index in [4.69, 9.17) is 23.7 Å². The Morgan fingerprint density at radius 3 is 2.38 bits per heavy atom. The number of aromatic nitrogens is 1. The minimum absolute atomic E-state index is 0.183. The number of ether oxygens (including phenoxy) is 5. The molecule has 0 radical (unpaired) electrons. The predicted octanol–water partition coefficient (Wildman–Crippen LogP) is 5.56. The van der Waals surface area contributed by atoms with Crippen LogP contribution in [0.15, 0.2) is 99.9 Å². The molecule has 0 saturated carbocycles. The number of benzene rings is 4. The Hall–Kier alpha value is -5.35. The molecule has 9 nitrogen and oxygen atoms in total. The fourth-order valence-electron chi connectivity index (χ4n) is 5.75. The molecular weight excluding hydrogens is 616 g/mol. The van der Waals surface area contributed by atoms with Crippen LogP contribution in [0.2, 0.25) is 0 Å². The number of rotatable bonds is 10.